The van der Waals surface area contributed by atoms with Gasteiger partial charge in [0.1, 0.15) is 0 Å². The van der Waals surface area contributed by atoms with Gasteiger partial charge in [0.15, 0.2) is 0 Å². The molecule has 2 nitrogen and oxygen atoms in total. The average Bonchev–Trinajstić information content (AvgIpc) is 2.29. The van der Waals surface area contributed by atoms with Crippen LogP contribution < -0.4 is 5.32 Å². The monoisotopic (exact) mass is 211 g/mol. The lowest BCUT2D eigenvalue weighted by molar-refractivity contribution is -0.00998. The van der Waals surface area contributed by atoms with E-state index in [-0.39, 0.29) is 0 Å². The van der Waals surface area contributed by atoms with Crippen LogP contribution >= 0.6 is 0 Å². The molecule has 0 spiro atoms. The summed E-state index contributed by atoms with van der Waals surface area (Å²) in [6.07, 6.45) is 9.05. The summed E-state index contributed by atoms with van der Waals surface area (Å²) in [7, 11) is 0. The molecule has 0 saturated heterocycles. The fourth-order valence-electron chi connectivity index (χ4n) is 2.35. The van der Waals surface area contributed by atoms with Crippen molar-refractivity contribution < 1.29 is 4.74 Å². The van der Waals surface area contributed by atoms with Crippen molar-refractivity contribution in [3.63, 3.8) is 0 Å². The summed E-state index contributed by atoms with van der Waals surface area (Å²) >= 11 is 0. The summed E-state index contributed by atoms with van der Waals surface area (Å²) in [5.74, 6) is 0.804. The summed E-state index contributed by atoms with van der Waals surface area (Å²) in [5, 5.41) is 3.26. The molecule has 2 atom stereocenters. The Morgan fingerprint density at radius 2 is 2.20 bits per heavy atom. The second kappa shape index (κ2) is 7.89. The van der Waals surface area contributed by atoms with E-state index in [9.17, 15) is 0 Å². The molecule has 0 aliphatic heterocycles. The van der Waals surface area contributed by atoms with Crippen LogP contribution in [0.2, 0.25) is 0 Å². The molecule has 88 valence electrons. The Balaban J connectivity index is 2.09. The fraction of sp³-hybridized carbons (Fsp3) is 0.846. The molecule has 0 aromatic carbocycles. The van der Waals surface area contributed by atoms with Crippen LogP contribution in [0.15, 0.2) is 12.7 Å². The van der Waals surface area contributed by atoms with E-state index in [4.69, 9.17) is 4.74 Å². The lowest BCUT2D eigenvalue weighted by atomic mass is 9.85. The predicted molar refractivity (Wildman–Crippen MR) is 65.1 cm³/mol. The Morgan fingerprint density at radius 1 is 1.40 bits per heavy atom. The van der Waals surface area contributed by atoms with Crippen LogP contribution in [0, 0.1) is 5.92 Å². The standard InChI is InChI=1S/C13H25NO/c1-3-9-14-10-11-15-13-8-6-5-7-12(13)4-2/h3,12-14H,1,4-11H2,2H3. The first-order valence-corrected chi connectivity index (χ1v) is 6.31. The smallest absolute Gasteiger partial charge is 0.0603 e. The van der Waals surface area contributed by atoms with Gasteiger partial charge in [0.2, 0.25) is 0 Å². The molecule has 0 bridgehead atoms. The van der Waals surface area contributed by atoms with E-state index >= 15 is 0 Å². The molecule has 0 radical (unpaired) electrons. The van der Waals surface area contributed by atoms with Crippen molar-refractivity contribution in [2.45, 2.75) is 45.1 Å². The zero-order valence-corrected chi connectivity index (χ0v) is 10.0. The van der Waals surface area contributed by atoms with Crippen LogP contribution in [0.3, 0.4) is 0 Å². The first-order chi connectivity index (χ1) is 7.38. The summed E-state index contributed by atoms with van der Waals surface area (Å²) in [6, 6.07) is 0. The van der Waals surface area contributed by atoms with Gasteiger partial charge in [0, 0.05) is 13.1 Å². The molecule has 1 aliphatic rings. The Bertz CT molecular complexity index is 170. The van der Waals surface area contributed by atoms with Crippen molar-refractivity contribution in [2.24, 2.45) is 5.92 Å². The van der Waals surface area contributed by atoms with Gasteiger partial charge in [-0.05, 0) is 18.8 Å². The maximum absolute atomic E-state index is 5.94. The molecule has 0 aromatic rings. The van der Waals surface area contributed by atoms with Crippen molar-refractivity contribution in [3.8, 4) is 0 Å². The Kier molecular flexibility index (Phi) is 6.69. The number of ether oxygens (including phenoxy) is 1. The average molecular weight is 211 g/mol. The maximum Gasteiger partial charge on any atom is 0.0603 e. The summed E-state index contributed by atoms with van der Waals surface area (Å²) in [6.45, 7) is 8.62. The van der Waals surface area contributed by atoms with Crippen molar-refractivity contribution >= 4 is 0 Å². The van der Waals surface area contributed by atoms with Crippen LogP contribution in [0.5, 0.6) is 0 Å². The van der Waals surface area contributed by atoms with E-state index in [1.54, 1.807) is 0 Å². The summed E-state index contributed by atoms with van der Waals surface area (Å²) in [5.41, 5.74) is 0. The van der Waals surface area contributed by atoms with E-state index in [2.05, 4.69) is 18.8 Å². The van der Waals surface area contributed by atoms with Gasteiger partial charge in [0.05, 0.1) is 12.7 Å². The van der Waals surface area contributed by atoms with Crippen LogP contribution in [0.1, 0.15) is 39.0 Å². The zero-order valence-electron chi connectivity index (χ0n) is 10.0. The normalized spacial score (nSPS) is 26.5. The van der Waals surface area contributed by atoms with E-state index in [0.717, 1.165) is 25.6 Å². The minimum atomic E-state index is 0.522. The summed E-state index contributed by atoms with van der Waals surface area (Å²) < 4.78 is 5.94. The number of nitrogens with one attached hydrogen (secondary N) is 1. The number of rotatable bonds is 7. The van der Waals surface area contributed by atoms with Crippen molar-refractivity contribution in [1.29, 1.82) is 0 Å². The SMILES string of the molecule is C=CCNCCOC1CCCCC1CC. The van der Waals surface area contributed by atoms with Gasteiger partial charge in [0.25, 0.3) is 0 Å². The number of hydrogen-bond donors (Lipinski definition) is 1. The third-order valence-electron chi connectivity index (χ3n) is 3.26. The van der Waals surface area contributed by atoms with Crippen LogP contribution in [0.4, 0.5) is 0 Å². The minimum absolute atomic E-state index is 0.522. The lowest BCUT2D eigenvalue weighted by Crippen LogP contribution is -2.30. The molecule has 2 heteroatoms. The second-order valence-electron chi connectivity index (χ2n) is 4.35. The molecule has 1 N–H and O–H groups in total. The van der Waals surface area contributed by atoms with E-state index in [0.29, 0.717) is 6.10 Å². The zero-order chi connectivity index (χ0) is 10.9. The predicted octanol–water partition coefficient (Wildman–Crippen LogP) is 2.75. The Labute approximate surface area is 94.1 Å². The molecule has 15 heavy (non-hydrogen) atoms. The third-order valence-corrected chi connectivity index (χ3v) is 3.26. The van der Waals surface area contributed by atoms with Crippen LogP contribution in [0.25, 0.3) is 0 Å². The van der Waals surface area contributed by atoms with E-state index < -0.39 is 0 Å². The van der Waals surface area contributed by atoms with Gasteiger partial charge < -0.3 is 10.1 Å². The van der Waals surface area contributed by atoms with Gasteiger partial charge in [-0.25, -0.2) is 0 Å². The van der Waals surface area contributed by atoms with Gasteiger partial charge >= 0.3 is 0 Å². The molecule has 0 heterocycles. The van der Waals surface area contributed by atoms with Crippen LogP contribution in [-0.4, -0.2) is 25.8 Å². The highest BCUT2D eigenvalue weighted by Crippen LogP contribution is 2.28. The van der Waals surface area contributed by atoms with Gasteiger partial charge in [-0.1, -0.05) is 32.3 Å². The number of hydrogen-bond acceptors (Lipinski definition) is 2. The molecular formula is C13H25NO. The maximum atomic E-state index is 5.94. The van der Waals surface area contributed by atoms with Crippen molar-refractivity contribution in [1.82, 2.24) is 5.32 Å². The van der Waals surface area contributed by atoms with E-state index in [1.165, 1.54) is 32.1 Å². The van der Waals surface area contributed by atoms with Crippen molar-refractivity contribution in [3.05, 3.63) is 12.7 Å². The van der Waals surface area contributed by atoms with E-state index in [1.807, 2.05) is 6.08 Å². The third kappa shape index (κ3) is 4.80. The first-order valence-electron chi connectivity index (χ1n) is 6.31. The molecule has 1 saturated carbocycles. The highest BCUT2D eigenvalue weighted by Gasteiger charge is 2.23. The highest BCUT2D eigenvalue weighted by molar-refractivity contribution is 4.75. The Hall–Kier alpha value is -0.340. The second-order valence-corrected chi connectivity index (χ2v) is 4.35. The molecule has 1 rings (SSSR count). The highest BCUT2D eigenvalue weighted by atomic mass is 16.5. The largest absolute Gasteiger partial charge is 0.377 e. The molecule has 1 fully saturated rings. The van der Waals surface area contributed by atoms with Crippen molar-refractivity contribution in [2.75, 3.05) is 19.7 Å². The molecule has 0 aromatic heterocycles. The lowest BCUT2D eigenvalue weighted by Gasteiger charge is -2.30. The minimum Gasteiger partial charge on any atom is -0.377 e. The first kappa shape index (κ1) is 12.7. The van der Waals surface area contributed by atoms with Gasteiger partial charge in [-0.2, -0.15) is 0 Å². The molecule has 1 aliphatic carbocycles. The molecular weight excluding hydrogens is 186 g/mol. The van der Waals surface area contributed by atoms with Crippen LogP contribution in [-0.2, 0) is 4.74 Å². The Morgan fingerprint density at radius 3 is 2.93 bits per heavy atom. The topological polar surface area (TPSA) is 21.3 Å². The molecule has 0 amide bonds. The van der Waals surface area contributed by atoms with Gasteiger partial charge in [-0.15, -0.1) is 6.58 Å². The van der Waals surface area contributed by atoms with Gasteiger partial charge in [-0.3, -0.25) is 0 Å². The quantitative estimate of drug-likeness (QED) is 0.516. The fourth-order valence-corrected chi connectivity index (χ4v) is 2.35. The molecule has 2 unspecified atom stereocenters. The summed E-state index contributed by atoms with van der Waals surface area (Å²) in [4.78, 5) is 0.